The molecular weight excluding hydrogens is 357 g/mol. The maximum Gasteiger partial charge on any atom is 0.166 e. The molecule has 3 rings (SSSR count). The van der Waals surface area contributed by atoms with Crippen LogP contribution in [0.3, 0.4) is 0 Å². The van der Waals surface area contributed by atoms with E-state index in [4.69, 9.17) is 25.5 Å². The lowest BCUT2D eigenvalue weighted by molar-refractivity contribution is 0.280. The summed E-state index contributed by atoms with van der Waals surface area (Å²) in [5, 5.41) is 3.64. The fourth-order valence-corrected chi connectivity index (χ4v) is 2.77. The van der Waals surface area contributed by atoms with Crippen molar-refractivity contribution in [1.82, 2.24) is 5.32 Å². The Hall–Kier alpha value is -2.50. The van der Waals surface area contributed by atoms with E-state index in [1.165, 1.54) is 12.1 Å². The second-order valence-corrected chi connectivity index (χ2v) is 6.06. The molecule has 0 unspecified atom stereocenters. The summed E-state index contributed by atoms with van der Waals surface area (Å²) in [6.07, 6.45) is 1.64. The second kappa shape index (κ2) is 8.74. The van der Waals surface area contributed by atoms with Crippen LogP contribution in [0.1, 0.15) is 16.9 Å². The molecule has 1 N–H and O–H groups in total. The Kier molecular flexibility index (Phi) is 6.15. The number of hydrogen-bond acceptors (Lipinski definition) is 4. The standard InChI is InChI=1S/C20H19ClFNO3/c1-24-19-6-2-4-14(11-23-12-17-5-3-9-25-17)20(19)26-13-15-7-8-16(22)10-18(15)21/h2-10,23H,11-13H2,1H3. The first-order valence-electron chi connectivity index (χ1n) is 8.13. The molecule has 0 aliphatic carbocycles. The molecule has 0 spiro atoms. The van der Waals surface area contributed by atoms with Crippen LogP contribution in [0.4, 0.5) is 4.39 Å². The first-order chi connectivity index (χ1) is 12.7. The molecule has 0 bridgehead atoms. The molecule has 0 saturated heterocycles. The summed E-state index contributed by atoms with van der Waals surface area (Å²) in [7, 11) is 1.59. The van der Waals surface area contributed by atoms with E-state index >= 15 is 0 Å². The monoisotopic (exact) mass is 375 g/mol. The Morgan fingerprint density at radius 1 is 1.08 bits per heavy atom. The number of ether oxygens (including phenoxy) is 2. The maximum atomic E-state index is 13.2. The van der Waals surface area contributed by atoms with Gasteiger partial charge in [-0.2, -0.15) is 0 Å². The van der Waals surface area contributed by atoms with Gasteiger partial charge in [0.15, 0.2) is 11.5 Å². The lowest BCUT2D eigenvalue weighted by atomic mass is 10.1. The number of rotatable bonds is 8. The molecule has 1 aromatic heterocycles. The van der Waals surface area contributed by atoms with Crippen molar-refractivity contribution in [3.63, 3.8) is 0 Å². The van der Waals surface area contributed by atoms with Gasteiger partial charge in [-0.3, -0.25) is 0 Å². The van der Waals surface area contributed by atoms with Crippen LogP contribution >= 0.6 is 11.6 Å². The Bertz CT molecular complexity index is 852. The minimum absolute atomic E-state index is 0.213. The van der Waals surface area contributed by atoms with Crippen LogP contribution in [0, 0.1) is 5.82 Å². The molecule has 6 heteroatoms. The largest absolute Gasteiger partial charge is 0.493 e. The molecule has 136 valence electrons. The Balaban J connectivity index is 1.71. The molecular formula is C20H19ClFNO3. The molecule has 2 aromatic carbocycles. The van der Waals surface area contributed by atoms with Crippen LogP contribution in [0.5, 0.6) is 11.5 Å². The third-order valence-electron chi connectivity index (χ3n) is 3.86. The number of nitrogens with one attached hydrogen (secondary N) is 1. The molecule has 4 nitrogen and oxygen atoms in total. The van der Waals surface area contributed by atoms with E-state index in [1.54, 1.807) is 19.4 Å². The van der Waals surface area contributed by atoms with Crippen LogP contribution in [0.15, 0.2) is 59.2 Å². The van der Waals surface area contributed by atoms with Crippen molar-refractivity contribution in [2.45, 2.75) is 19.7 Å². The predicted octanol–water partition coefficient (Wildman–Crippen LogP) is 4.95. The van der Waals surface area contributed by atoms with Crippen molar-refractivity contribution in [2.75, 3.05) is 7.11 Å². The zero-order valence-electron chi connectivity index (χ0n) is 14.3. The number of para-hydroxylation sites is 1. The lowest BCUT2D eigenvalue weighted by Crippen LogP contribution is -2.13. The van der Waals surface area contributed by atoms with E-state index in [2.05, 4.69) is 5.32 Å². The van der Waals surface area contributed by atoms with Crippen LogP contribution in [-0.2, 0) is 19.7 Å². The van der Waals surface area contributed by atoms with Gasteiger partial charge < -0.3 is 19.2 Å². The summed E-state index contributed by atoms with van der Waals surface area (Å²) in [5.41, 5.74) is 1.64. The third-order valence-corrected chi connectivity index (χ3v) is 4.21. The van der Waals surface area contributed by atoms with Crippen molar-refractivity contribution < 1.29 is 18.3 Å². The predicted molar refractivity (Wildman–Crippen MR) is 98.0 cm³/mol. The SMILES string of the molecule is COc1cccc(CNCc2ccco2)c1OCc1ccc(F)cc1Cl. The number of furan rings is 1. The average Bonchev–Trinajstić information content (AvgIpc) is 3.15. The van der Waals surface area contributed by atoms with Crippen molar-refractivity contribution in [1.29, 1.82) is 0 Å². The number of hydrogen-bond donors (Lipinski definition) is 1. The summed E-state index contributed by atoms with van der Waals surface area (Å²) in [6, 6.07) is 13.7. The molecule has 0 fully saturated rings. The highest BCUT2D eigenvalue weighted by molar-refractivity contribution is 6.31. The van der Waals surface area contributed by atoms with E-state index in [1.807, 2.05) is 30.3 Å². The molecule has 0 atom stereocenters. The molecule has 26 heavy (non-hydrogen) atoms. The quantitative estimate of drug-likeness (QED) is 0.605. The zero-order valence-corrected chi connectivity index (χ0v) is 15.1. The van der Waals surface area contributed by atoms with Gasteiger partial charge in [-0.25, -0.2) is 4.39 Å². The first kappa shape index (κ1) is 18.3. The normalized spacial score (nSPS) is 10.7. The van der Waals surface area contributed by atoms with Gasteiger partial charge in [0.1, 0.15) is 18.2 Å². The van der Waals surface area contributed by atoms with E-state index in [0.29, 0.717) is 35.2 Å². The van der Waals surface area contributed by atoms with Crippen LogP contribution in [-0.4, -0.2) is 7.11 Å². The molecule has 0 amide bonds. The van der Waals surface area contributed by atoms with Crippen LogP contribution < -0.4 is 14.8 Å². The van der Waals surface area contributed by atoms with Gasteiger partial charge in [0.05, 0.1) is 24.9 Å². The minimum Gasteiger partial charge on any atom is -0.493 e. The van der Waals surface area contributed by atoms with Crippen LogP contribution in [0.25, 0.3) is 0 Å². The van der Waals surface area contributed by atoms with Crippen molar-refractivity contribution >= 4 is 11.6 Å². The fourth-order valence-electron chi connectivity index (χ4n) is 2.55. The van der Waals surface area contributed by atoms with E-state index in [0.717, 1.165) is 11.3 Å². The third kappa shape index (κ3) is 4.56. The van der Waals surface area contributed by atoms with Crippen molar-refractivity contribution in [2.24, 2.45) is 0 Å². The first-order valence-corrected chi connectivity index (χ1v) is 8.51. The zero-order chi connectivity index (χ0) is 18.4. The Morgan fingerprint density at radius 3 is 2.69 bits per heavy atom. The average molecular weight is 376 g/mol. The van der Waals surface area contributed by atoms with Gasteiger partial charge in [0, 0.05) is 17.7 Å². The van der Waals surface area contributed by atoms with E-state index < -0.39 is 0 Å². The van der Waals surface area contributed by atoms with Crippen molar-refractivity contribution in [3.05, 3.63) is 82.5 Å². The lowest BCUT2D eigenvalue weighted by Gasteiger charge is -2.16. The highest BCUT2D eigenvalue weighted by Gasteiger charge is 2.12. The number of methoxy groups -OCH3 is 1. The van der Waals surface area contributed by atoms with Gasteiger partial charge in [0.2, 0.25) is 0 Å². The summed E-state index contributed by atoms with van der Waals surface area (Å²) < 4.78 is 29.9. The highest BCUT2D eigenvalue weighted by Crippen LogP contribution is 2.32. The van der Waals surface area contributed by atoms with Gasteiger partial charge in [0.25, 0.3) is 0 Å². The molecule has 0 radical (unpaired) electrons. The van der Waals surface area contributed by atoms with Crippen molar-refractivity contribution in [3.8, 4) is 11.5 Å². The summed E-state index contributed by atoms with van der Waals surface area (Å²) in [5.74, 6) is 1.73. The van der Waals surface area contributed by atoms with E-state index in [9.17, 15) is 4.39 Å². The van der Waals surface area contributed by atoms with Gasteiger partial charge in [-0.15, -0.1) is 0 Å². The maximum absolute atomic E-state index is 13.2. The summed E-state index contributed by atoms with van der Waals surface area (Å²) in [4.78, 5) is 0. The minimum atomic E-state index is -0.376. The number of benzene rings is 2. The van der Waals surface area contributed by atoms with Gasteiger partial charge in [-0.05, 0) is 30.3 Å². The Labute approximate surface area is 156 Å². The topological polar surface area (TPSA) is 43.6 Å². The molecule has 0 saturated carbocycles. The van der Waals surface area contributed by atoms with Gasteiger partial charge in [-0.1, -0.05) is 29.8 Å². The van der Waals surface area contributed by atoms with Gasteiger partial charge >= 0.3 is 0 Å². The van der Waals surface area contributed by atoms with Crippen LogP contribution in [0.2, 0.25) is 5.02 Å². The Morgan fingerprint density at radius 2 is 1.96 bits per heavy atom. The molecule has 3 aromatic rings. The summed E-state index contributed by atoms with van der Waals surface area (Å²) in [6.45, 7) is 1.39. The van der Waals surface area contributed by atoms with E-state index in [-0.39, 0.29) is 12.4 Å². The molecule has 0 aliphatic heterocycles. The smallest absolute Gasteiger partial charge is 0.166 e. The second-order valence-electron chi connectivity index (χ2n) is 5.66. The molecule has 1 heterocycles. The number of halogens is 2. The molecule has 0 aliphatic rings. The highest BCUT2D eigenvalue weighted by atomic mass is 35.5. The fraction of sp³-hybridized carbons (Fsp3) is 0.200. The summed E-state index contributed by atoms with van der Waals surface area (Å²) >= 11 is 6.08.